The highest BCUT2D eigenvalue weighted by molar-refractivity contribution is 9.10. The Bertz CT molecular complexity index is 482. The van der Waals surface area contributed by atoms with Crippen molar-refractivity contribution in [2.24, 2.45) is 5.92 Å². The summed E-state index contributed by atoms with van der Waals surface area (Å²) in [5.41, 5.74) is 1.13. The molecule has 0 saturated heterocycles. The fourth-order valence-corrected chi connectivity index (χ4v) is 1.68. The second kappa shape index (κ2) is 5.78. The number of hydrogen-bond acceptors (Lipinski definition) is 2. The van der Waals surface area contributed by atoms with Crippen LogP contribution in [0.15, 0.2) is 16.6 Å². The van der Waals surface area contributed by atoms with E-state index in [-0.39, 0.29) is 16.2 Å². The van der Waals surface area contributed by atoms with Gasteiger partial charge in [-0.15, -0.1) is 0 Å². The van der Waals surface area contributed by atoms with Gasteiger partial charge < -0.3 is 5.32 Å². The van der Waals surface area contributed by atoms with Gasteiger partial charge in [0.25, 0.3) is 0 Å². The van der Waals surface area contributed by atoms with Gasteiger partial charge in [-0.3, -0.25) is 4.79 Å². The van der Waals surface area contributed by atoms with Crippen LogP contribution in [0, 0.1) is 30.0 Å². The molecule has 1 amide bonds. The predicted octanol–water partition coefficient (Wildman–Crippen LogP) is 3.38. The predicted molar refractivity (Wildman–Crippen MR) is 66.9 cm³/mol. The van der Waals surface area contributed by atoms with Crippen LogP contribution in [0.4, 0.5) is 10.1 Å². The lowest BCUT2D eigenvalue weighted by molar-refractivity contribution is -0.118. The second-order valence-electron chi connectivity index (χ2n) is 3.66. The number of benzene rings is 1. The number of amides is 1. The van der Waals surface area contributed by atoms with Gasteiger partial charge in [-0.2, -0.15) is 5.26 Å². The second-order valence-corrected chi connectivity index (χ2v) is 4.51. The van der Waals surface area contributed by atoms with Crippen molar-refractivity contribution < 1.29 is 9.18 Å². The van der Waals surface area contributed by atoms with Crippen LogP contribution in [-0.2, 0) is 4.79 Å². The molecule has 1 aromatic rings. The summed E-state index contributed by atoms with van der Waals surface area (Å²) in [5, 5.41) is 11.4. The third kappa shape index (κ3) is 3.27. The zero-order chi connectivity index (χ0) is 13.0. The largest absolute Gasteiger partial charge is 0.325 e. The van der Waals surface area contributed by atoms with Gasteiger partial charge in [0.05, 0.1) is 10.5 Å². The maximum atomic E-state index is 13.2. The molecule has 90 valence electrons. The van der Waals surface area contributed by atoms with Crippen LogP contribution in [0.2, 0.25) is 0 Å². The molecule has 1 N–H and O–H groups in total. The number of nitrogens with one attached hydrogen (secondary N) is 1. The van der Waals surface area contributed by atoms with E-state index in [9.17, 15) is 9.18 Å². The van der Waals surface area contributed by atoms with Crippen molar-refractivity contribution in [1.82, 2.24) is 0 Å². The number of nitrogens with zero attached hydrogens (tertiary/aromatic N) is 1. The molecule has 1 atom stereocenters. The minimum atomic E-state index is -0.682. The van der Waals surface area contributed by atoms with E-state index in [0.717, 1.165) is 0 Å². The van der Waals surface area contributed by atoms with E-state index in [2.05, 4.69) is 21.2 Å². The van der Waals surface area contributed by atoms with E-state index >= 15 is 0 Å². The molecule has 0 saturated carbocycles. The van der Waals surface area contributed by atoms with E-state index in [4.69, 9.17) is 5.26 Å². The smallest absolute Gasteiger partial charge is 0.241 e. The molecular weight excluding hydrogens is 287 g/mol. The van der Waals surface area contributed by atoms with Gasteiger partial charge in [-0.05, 0) is 47.0 Å². The molecule has 0 bridgehead atoms. The minimum Gasteiger partial charge on any atom is -0.325 e. The third-order valence-corrected chi connectivity index (χ3v) is 3.01. The first-order valence-electron chi connectivity index (χ1n) is 5.15. The van der Waals surface area contributed by atoms with E-state index < -0.39 is 5.92 Å². The molecule has 0 spiro atoms. The zero-order valence-corrected chi connectivity index (χ0v) is 11.1. The average Bonchev–Trinajstić information content (AvgIpc) is 2.27. The maximum absolute atomic E-state index is 13.2. The van der Waals surface area contributed by atoms with Gasteiger partial charge in [0, 0.05) is 5.69 Å². The van der Waals surface area contributed by atoms with Crippen molar-refractivity contribution in [3.63, 3.8) is 0 Å². The monoisotopic (exact) mass is 298 g/mol. The molecule has 0 aliphatic rings. The zero-order valence-electron chi connectivity index (χ0n) is 9.55. The van der Waals surface area contributed by atoms with E-state index in [1.165, 1.54) is 12.1 Å². The number of rotatable bonds is 3. The molecule has 1 unspecified atom stereocenters. The number of carbonyl (C=O) groups excluding carboxylic acids is 1. The first-order valence-corrected chi connectivity index (χ1v) is 5.95. The molecule has 0 radical (unpaired) electrons. The van der Waals surface area contributed by atoms with Gasteiger partial charge in [0.1, 0.15) is 11.7 Å². The van der Waals surface area contributed by atoms with Crippen molar-refractivity contribution in [1.29, 1.82) is 5.26 Å². The first kappa shape index (κ1) is 13.7. The lowest BCUT2D eigenvalue weighted by Gasteiger charge is -2.11. The highest BCUT2D eigenvalue weighted by Crippen LogP contribution is 2.24. The summed E-state index contributed by atoms with van der Waals surface area (Å²) in [7, 11) is 0. The standard InChI is InChI=1S/C12H12BrFN2O/c1-3-8(6-15)12(17)16-11-5-9(13)10(14)4-7(11)2/h4-5,8H,3H2,1-2H3,(H,16,17). The third-order valence-electron chi connectivity index (χ3n) is 2.41. The van der Waals surface area contributed by atoms with Gasteiger partial charge >= 0.3 is 0 Å². The number of aryl methyl sites for hydroxylation is 1. The van der Waals surface area contributed by atoms with Crippen LogP contribution in [0.3, 0.4) is 0 Å². The van der Waals surface area contributed by atoms with Crippen molar-refractivity contribution in [3.8, 4) is 6.07 Å². The van der Waals surface area contributed by atoms with Gasteiger partial charge in [0.2, 0.25) is 5.91 Å². The molecular formula is C12H12BrFN2O. The highest BCUT2D eigenvalue weighted by Gasteiger charge is 2.16. The molecule has 1 aromatic carbocycles. The van der Waals surface area contributed by atoms with E-state index in [1.807, 2.05) is 6.07 Å². The first-order chi connectivity index (χ1) is 7.99. The van der Waals surface area contributed by atoms with Crippen molar-refractivity contribution in [2.45, 2.75) is 20.3 Å². The minimum absolute atomic E-state index is 0.281. The number of halogens is 2. The Hall–Kier alpha value is -1.41. The lowest BCUT2D eigenvalue weighted by Crippen LogP contribution is -2.21. The van der Waals surface area contributed by atoms with Crippen molar-refractivity contribution in [3.05, 3.63) is 28.0 Å². The van der Waals surface area contributed by atoms with Crippen molar-refractivity contribution >= 4 is 27.5 Å². The Morgan fingerprint density at radius 1 is 1.65 bits per heavy atom. The molecule has 1 rings (SSSR count). The molecule has 5 heteroatoms. The summed E-state index contributed by atoms with van der Waals surface area (Å²) < 4.78 is 13.5. The fraction of sp³-hybridized carbons (Fsp3) is 0.333. The van der Waals surface area contributed by atoms with Crippen LogP contribution in [0.1, 0.15) is 18.9 Å². The summed E-state index contributed by atoms with van der Waals surface area (Å²) in [5.74, 6) is -1.43. The Kier molecular flexibility index (Phi) is 4.64. The lowest BCUT2D eigenvalue weighted by atomic mass is 10.1. The SMILES string of the molecule is CCC(C#N)C(=O)Nc1cc(Br)c(F)cc1C. The molecule has 0 heterocycles. The Morgan fingerprint density at radius 2 is 2.29 bits per heavy atom. The quantitative estimate of drug-likeness (QED) is 0.930. The summed E-state index contributed by atoms with van der Waals surface area (Å²) in [6.45, 7) is 3.46. The fourth-order valence-electron chi connectivity index (χ4n) is 1.34. The van der Waals surface area contributed by atoms with E-state index in [1.54, 1.807) is 13.8 Å². The highest BCUT2D eigenvalue weighted by atomic mass is 79.9. The maximum Gasteiger partial charge on any atom is 0.241 e. The van der Waals surface area contributed by atoms with Gasteiger partial charge in [-0.1, -0.05) is 6.92 Å². The summed E-state index contributed by atoms with van der Waals surface area (Å²) in [6.07, 6.45) is 0.448. The van der Waals surface area contributed by atoms with Crippen LogP contribution in [0.25, 0.3) is 0 Å². The van der Waals surface area contributed by atoms with Gasteiger partial charge in [0.15, 0.2) is 0 Å². The van der Waals surface area contributed by atoms with E-state index in [0.29, 0.717) is 17.7 Å². The normalized spacial score (nSPS) is 11.7. The Morgan fingerprint density at radius 3 is 2.82 bits per heavy atom. The molecule has 0 aromatic heterocycles. The number of anilines is 1. The molecule has 0 aliphatic heterocycles. The molecule has 0 fully saturated rings. The van der Waals surface area contributed by atoms with Gasteiger partial charge in [-0.25, -0.2) is 4.39 Å². The number of carbonyl (C=O) groups is 1. The van der Waals surface area contributed by atoms with Crippen LogP contribution in [0.5, 0.6) is 0 Å². The van der Waals surface area contributed by atoms with Crippen LogP contribution < -0.4 is 5.32 Å². The molecule has 17 heavy (non-hydrogen) atoms. The average molecular weight is 299 g/mol. The topological polar surface area (TPSA) is 52.9 Å². The van der Waals surface area contributed by atoms with Crippen LogP contribution >= 0.6 is 15.9 Å². The molecule has 0 aliphatic carbocycles. The number of nitriles is 1. The van der Waals surface area contributed by atoms with Crippen LogP contribution in [-0.4, -0.2) is 5.91 Å². The summed E-state index contributed by atoms with van der Waals surface area (Å²) >= 11 is 3.05. The number of hydrogen-bond donors (Lipinski definition) is 1. The summed E-state index contributed by atoms with van der Waals surface area (Å²) in [4.78, 5) is 11.7. The summed E-state index contributed by atoms with van der Waals surface area (Å²) in [6, 6.07) is 4.74. The molecule has 3 nitrogen and oxygen atoms in total. The Balaban J connectivity index is 2.93. The van der Waals surface area contributed by atoms with Crippen molar-refractivity contribution in [2.75, 3.05) is 5.32 Å². The Labute approximate surface area is 108 Å².